The number of rotatable bonds is 6. The highest BCUT2D eigenvalue weighted by Gasteiger charge is 2.35. The third-order valence-corrected chi connectivity index (χ3v) is 5.38. The molecule has 1 atom stereocenters. The summed E-state index contributed by atoms with van der Waals surface area (Å²) in [4.78, 5) is 31.3. The molecule has 2 amide bonds. The van der Waals surface area contributed by atoms with Crippen LogP contribution in [-0.2, 0) is 9.59 Å². The second kappa shape index (κ2) is 9.11. The van der Waals surface area contributed by atoms with E-state index in [1.54, 1.807) is 37.2 Å². The minimum atomic E-state index is -0.660. The van der Waals surface area contributed by atoms with E-state index in [1.807, 2.05) is 42.5 Å². The van der Waals surface area contributed by atoms with E-state index in [0.717, 1.165) is 11.3 Å². The number of carbonyl (C=O) groups is 2. The number of carbonyl (C=O) groups excluding carboxylic acids is 2. The van der Waals surface area contributed by atoms with Crippen LogP contribution < -0.4 is 15.5 Å². The van der Waals surface area contributed by atoms with Crippen LogP contribution in [0.15, 0.2) is 77.8 Å². The first-order chi connectivity index (χ1) is 15.5. The molecule has 0 aliphatic carbocycles. The standard InChI is InChI=1S/C25H23FN4O2/c1-27-15-22(31)30(2)19-11-9-18(10-12-19)28-24(16-6-4-3-5-7-16)23-20-13-8-17(26)14-21(20)29-25(23)32/h3-14,23,27H,15H2,1-2H3,(H,29,32). The molecule has 3 aromatic rings. The molecule has 0 radical (unpaired) electrons. The maximum absolute atomic E-state index is 13.7. The molecular formula is C25H23FN4O2. The van der Waals surface area contributed by atoms with Gasteiger partial charge < -0.3 is 15.5 Å². The number of likely N-dealkylation sites (N-methyl/N-ethyl adjacent to an activating group) is 2. The summed E-state index contributed by atoms with van der Waals surface area (Å²) in [5.41, 5.74) is 3.91. The molecular weight excluding hydrogens is 407 g/mol. The van der Waals surface area contributed by atoms with E-state index < -0.39 is 11.7 Å². The number of anilines is 2. The van der Waals surface area contributed by atoms with Gasteiger partial charge in [-0.2, -0.15) is 0 Å². The third-order valence-electron chi connectivity index (χ3n) is 5.38. The predicted octanol–water partition coefficient (Wildman–Crippen LogP) is 3.86. The molecule has 7 heteroatoms. The highest BCUT2D eigenvalue weighted by atomic mass is 19.1. The van der Waals surface area contributed by atoms with Gasteiger partial charge in [-0.15, -0.1) is 0 Å². The first-order valence-electron chi connectivity index (χ1n) is 10.2. The van der Waals surface area contributed by atoms with Crippen LogP contribution in [-0.4, -0.2) is 38.2 Å². The van der Waals surface area contributed by atoms with Crippen LogP contribution in [0.3, 0.4) is 0 Å². The number of nitrogens with zero attached hydrogens (tertiary/aromatic N) is 2. The number of amides is 2. The Bertz CT molecular complexity index is 1180. The maximum Gasteiger partial charge on any atom is 0.240 e. The van der Waals surface area contributed by atoms with Crippen molar-refractivity contribution in [3.05, 3.63) is 89.7 Å². The van der Waals surface area contributed by atoms with Crippen LogP contribution in [0.25, 0.3) is 0 Å². The fourth-order valence-electron chi connectivity index (χ4n) is 3.71. The number of fused-ring (bicyclic) bond motifs is 1. The van der Waals surface area contributed by atoms with Gasteiger partial charge in [0, 0.05) is 18.4 Å². The Morgan fingerprint density at radius 1 is 1.09 bits per heavy atom. The number of nitrogens with one attached hydrogen (secondary N) is 2. The predicted molar refractivity (Wildman–Crippen MR) is 124 cm³/mol. The molecule has 0 saturated carbocycles. The van der Waals surface area contributed by atoms with Gasteiger partial charge in [0.2, 0.25) is 11.8 Å². The first kappa shape index (κ1) is 21.4. The largest absolute Gasteiger partial charge is 0.325 e. The van der Waals surface area contributed by atoms with Crippen LogP contribution in [0.1, 0.15) is 17.0 Å². The highest BCUT2D eigenvalue weighted by Crippen LogP contribution is 2.36. The number of aliphatic imine (C=N–C) groups is 1. The Balaban J connectivity index is 1.73. The number of benzene rings is 3. The van der Waals surface area contributed by atoms with Crippen molar-refractivity contribution in [2.75, 3.05) is 30.9 Å². The third kappa shape index (κ3) is 4.29. The number of hydrogen-bond acceptors (Lipinski definition) is 4. The van der Waals surface area contributed by atoms with E-state index in [0.29, 0.717) is 22.6 Å². The zero-order valence-corrected chi connectivity index (χ0v) is 17.8. The molecule has 1 aliphatic heterocycles. The zero-order chi connectivity index (χ0) is 22.7. The summed E-state index contributed by atoms with van der Waals surface area (Å²) >= 11 is 0. The molecule has 0 spiro atoms. The molecule has 0 fully saturated rings. The topological polar surface area (TPSA) is 73.8 Å². The van der Waals surface area contributed by atoms with Gasteiger partial charge in [-0.3, -0.25) is 14.6 Å². The molecule has 162 valence electrons. The van der Waals surface area contributed by atoms with Gasteiger partial charge in [-0.25, -0.2) is 4.39 Å². The quantitative estimate of drug-likeness (QED) is 0.583. The van der Waals surface area contributed by atoms with E-state index in [2.05, 4.69) is 10.6 Å². The monoisotopic (exact) mass is 430 g/mol. The fraction of sp³-hybridized carbons (Fsp3) is 0.160. The van der Waals surface area contributed by atoms with Gasteiger partial charge in [-0.05, 0) is 54.6 Å². The van der Waals surface area contributed by atoms with Gasteiger partial charge >= 0.3 is 0 Å². The van der Waals surface area contributed by atoms with Crippen molar-refractivity contribution in [3.63, 3.8) is 0 Å². The minimum Gasteiger partial charge on any atom is -0.325 e. The number of halogens is 1. The van der Waals surface area contributed by atoms with Crippen molar-refractivity contribution < 1.29 is 14.0 Å². The summed E-state index contributed by atoms with van der Waals surface area (Å²) in [5.74, 6) is -1.37. The lowest BCUT2D eigenvalue weighted by Gasteiger charge is -2.17. The second-order valence-electron chi connectivity index (χ2n) is 7.52. The number of hydrogen-bond donors (Lipinski definition) is 2. The van der Waals surface area contributed by atoms with Gasteiger partial charge in [0.15, 0.2) is 0 Å². The van der Waals surface area contributed by atoms with Gasteiger partial charge in [0.25, 0.3) is 0 Å². The summed E-state index contributed by atoms with van der Waals surface area (Å²) in [6.45, 7) is 0.241. The zero-order valence-electron chi connectivity index (χ0n) is 17.8. The Hall–Kier alpha value is -3.84. The average Bonchev–Trinajstić information content (AvgIpc) is 3.12. The first-order valence-corrected chi connectivity index (χ1v) is 10.2. The van der Waals surface area contributed by atoms with E-state index >= 15 is 0 Å². The molecule has 1 heterocycles. The van der Waals surface area contributed by atoms with E-state index in [4.69, 9.17) is 4.99 Å². The smallest absolute Gasteiger partial charge is 0.240 e. The lowest BCUT2D eigenvalue weighted by Crippen LogP contribution is -2.33. The van der Waals surface area contributed by atoms with Crippen LogP contribution in [0.2, 0.25) is 0 Å². The summed E-state index contributed by atoms with van der Waals surface area (Å²) in [6, 6.07) is 21.0. The Morgan fingerprint density at radius 2 is 1.81 bits per heavy atom. The highest BCUT2D eigenvalue weighted by molar-refractivity contribution is 6.24. The molecule has 6 nitrogen and oxygen atoms in total. The normalized spacial score (nSPS) is 15.3. The summed E-state index contributed by atoms with van der Waals surface area (Å²) in [6.07, 6.45) is 0. The molecule has 3 aromatic carbocycles. The molecule has 32 heavy (non-hydrogen) atoms. The van der Waals surface area contributed by atoms with E-state index in [1.165, 1.54) is 12.1 Å². The van der Waals surface area contributed by atoms with Crippen molar-refractivity contribution in [3.8, 4) is 0 Å². The Kier molecular flexibility index (Phi) is 6.09. The molecule has 1 aliphatic rings. The van der Waals surface area contributed by atoms with Crippen LogP contribution in [0.5, 0.6) is 0 Å². The van der Waals surface area contributed by atoms with E-state index in [-0.39, 0.29) is 18.4 Å². The van der Waals surface area contributed by atoms with Crippen LogP contribution in [0.4, 0.5) is 21.5 Å². The summed E-state index contributed by atoms with van der Waals surface area (Å²) in [7, 11) is 3.44. The van der Waals surface area contributed by atoms with Crippen LogP contribution in [0, 0.1) is 5.82 Å². The molecule has 1 unspecified atom stereocenters. The second-order valence-corrected chi connectivity index (χ2v) is 7.52. The van der Waals surface area contributed by atoms with Crippen molar-refractivity contribution in [1.82, 2.24) is 5.32 Å². The lowest BCUT2D eigenvalue weighted by atomic mass is 9.90. The van der Waals surface area contributed by atoms with Crippen molar-refractivity contribution in [1.29, 1.82) is 0 Å². The Morgan fingerprint density at radius 3 is 2.50 bits per heavy atom. The molecule has 2 N–H and O–H groups in total. The summed E-state index contributed by atoms with van der Waals surface area (Å²) in [5, 5.41) is 5.61. The molecule has 0 bridgehead atoms. The van der Waals surface area contributed by atoms with Crippen molar-refractivity contribution in [2.45, 2.75) is 5.92 Å². The molecule has 0 aromatic heterocycles. The van der Waals surface area contributed by atoms with Crippen molar-refractivity contribution >= 4 is 34.6 Å². The fourth-order valence-corrected chi connectivity index (χ4v) is 3.71. The maximum atomic E-state index is 13.7. The Labute approximate surface area is 185 Å². The van der Waals surface area contributed by atoms with E-state index in [9.17, 15) is 14.0 Å². The van der Waals surface area contributed by atoms with Crippen molar-refractivity contribution in [2.24, 2.45) is 4.99 Å². The van der Waals surface area contributed by atoms with Crippen LogP contribution >= 0.6 is 0 Å². The SMILES string of the molecule is CNCC(=O)N(C)c1ccc(N=C(c2ccccc2)C2C(=O)Nc3cc(F)ccc32)cc1. The minimum absolute atomic E-state index is 0.0554. The summed E-state index contributed by atoms with van der Waals surface area (Å²) < 4.78 is 13.7. The molecule has 4 rings (SSSR count). The molecule has 0 saturated heterocycles. The van der Waals surface area contributed by atoms with Gasteiger partial charge in [0.05, 0.1) is 17.9 Å². The van der Waals surface area contributed by atoms with Gasteiger partial charge in [0.1, 0.15) is 11.7 Å². The average molecular weight is 430 g/mol. The lowest BCUT2D eigenvalue weighted by molar-refractivity contribution is -0.117. The van der Waals surface area contributed by atoms with Gasteiger partial charge in [-0.1, -0.05) is 36.4 Å².